The number of nitrogens with two attached hydrogens (primary N) is 1. The molecule has 2 aromatic carbocycles. The normalized spacial score (nSPS) is 13.7. The highest BCUT2D eigenvalue weighted by molar-refractivity contribution is 5.97. The van der Waals surface area contributed by atoms with Crippen LogP contribution in [0.15, 0.2) is 54.9 Å². The first-order chi connectivity index (χ1) is 17.0. The molecular formula is C28H36N6O. The van der Waals surface area contributed by atoms with Crippen molar-refractivity contribution < 1.29 is 4.79 Å². The summed E-state index contributed by atoms with van der Waals surface area (Å²) in [5.74, 6) is 0. The number of likely N-dealkylation sites (tertiary alicyclic amines) is 1. The Balaban J connectivity index is 0.000000429. The number of nitrogens with one attached hydrogen (secondary N) is 1. The third kappa shape index (κ3) is 6.93. The van der Waals surface area contributed by atoms with Crippen LogP contribution in [0.4, 0.5) is 10.5 Å². The first kappa shape index (κ1) is 26.0. The molecule has 2 heterocycles. The summed E-state index contributed by atoms with van der Waals surface area (Å²) in [7, 11) is 0. The number of nitrogens with zero attached hydrogens (tertiary/aromatic N) is 4. The van der Waals surface area contributed by atoms with Gasteiger partial charge in [0.05, 0.1) is 11.6 Å². The maximum atomic E-state index is 11.3. The quantitative estimate of drug-likeness (QED) is 0.521. The topological polar surface area (TPSA) is 98.3 Å². The molecule has 7 heteroatoms. The van der Waals surface area contributed by atoms with Gasteiger partial charge in [-0.2, -0.15) is 5.26 Å². The summed E-state index contributed by atoms with van der Waals surface area (Å²) in [5.41, 5.74) is 9.09. The molecule has 0 spiro atoms. The fourth-order valence-electron chi connectivity index (χ4n) is 4.39. The second-order valence-corrected chi connectivity index (χ2v) is 8.68. The van der Waals surface area contributed by atoms with Gasteiger partial charge in [-0.25, -0.2) is 4.79 Å². The summed E-state index contributed by atoms with van der Waals surface area (Å²) in [6.45, 7) is 11.4. The van der Waals surface area contributed by atoms with E-state index in [9.17, 15) is 10.1 Å². The van der Waals surface area contributed by atoms with Gasteiger partial charge in [-0.05, 0) is 79.3 Å². The molecular weight excluding hydrogens is 436 g/mol. The molecule has 0 aliphatic carbocycles. The van der Waals surface area contributed by atoms with Gasteiger partial charge >= 0.3 is 6.03 Å². The molecule has 1 aliphatic rings. The largest absolute Gasteiger partial charge is 0.382 e. The van der Waals surface area contributed by atoms with Crippen LogP contribution in [0.1, 0.15) is 39.2 Å². The van der Waals surface area contributed by atoms with Gasteiger partial charge in [0.25, 0.3) is 0 Å². The molecule has 0 bridgehead atoms. The molecule has 0 atom stereocenters. The lowest BCUT2D eigenvalue weighted by molar-refractivity contribution is 0.193. The standard InChI is InChI=1S/C22H21N5O.C6H15N/c23-13-15-2-1-3-16(10-15)18-11-17-4-7-25-14-20(17)21(12-18)26-19-5-8-27(9-6-19)22(24)28;1-4-7(5-2)6-3/h1-4,7,10-12,14,19,26H,5-6,8-9H2,(H2,24,28);4-6H2,1-3H3. The summed E-state index contributed by atoms with van der Waals surface area (Å²) in [6.07, 6.45) is 5.34. The van der Waals surface area contributed by atoms with Gasteiger partial charge < -0.3 is 20.9 Å². The summed E-state index contributed by atoms with van der Waals surface area (Å²) < 4.78 is 0. The van der Waals surface area contributed by atoms with Crippen molar-refractivity contribution in [3.8, 4) is 17.2 Å². The Morgan fingerprint density at radius 2 is 1.83 bits per heavy atom. The number of aromatic nitrogens is 1. The number of hydrogen-bond acceptors (Lipinski definition) is 5. The van der Waals surface area contributed by atoms with Gasteiger partial charge in [0.15, 0.2) is 0 Å². The molecule has 3 aromatic rings. The minimum absolute atomic E-state index is 0.264. The monoisotopic (exact) mass is 472 g/mol. The average Bonchev–Trinajstić information content (AvgIpc) is 2.90. The third-order valence-electron chi connectivity index (χ3n) is 6.59. The Bertz CT molecular complexity index is 1150. The molecule has 1 saturated heterocycles. The second kappa shape index (κ2) is 12.7. The van der Waals surface area contributed by atoms with Gasteiger partial charge in [-0.3, -0.25) is 4.98 Å². The molecule has 1 aromatic heterocycles. The van der Waals surface area contributed by atoms with Gasteiger partial charge in [-0.1, -0.05) is 32.9 Å². The highest BCUT2D eigenvalue weighted by Crippen LogP contribution is 2.32. The lowest BCUT2D eigenvalue weighted by atomic mass is 9.98. The van der Waals surface area contributed by atoms with Crippen LogP contribution in [-0.4, -0.2) is 59.6 Å². The van der Waals surface area contributed by atoms with Gasteiger partial charge in [0.1, 0.15) is 0 Å². The number of nitriles is 1. The van der Waals surface area contributed by atoms with Crippen molar-refractivity contribution in [1.29, 1.82) is 5.26 Å². The van der Waals surface area contributed by atoms with Crippen molar-refractivity contribution in [3.63, 3.8) is 0 Å². The molecule has 0 radical (unpaired) electrons. The zero-order chi connectivity index (χ0) is 25.2. The van der Waals surface area contributed by atoms with Crippen LogP contribution in [-0.2, 0) is 0 Å². The van der Waals surface area contributed by atoms with Crippen LogP contribution in [0.2, 0.25) is 0 Å². The molecule has 7 nitrogen and oxygen atoms in total. The predicted molar refractivity (Wildman–Crippen MR) is 143 cm³/mol. The van der Waals surface area contributed by atoms with Gasteiger partial charge in [-0.15, -0.1) is 0 Å². The van der Waals surface area contributed by atoms with Crippen LogP contribution < -0.4 is 11.1 Å². The van der Waals surface area contributed by atoms with E-state index in [4.69, 9.17) is 5.73 Å². The van der Waals surface area contributed by atoms with E-state index in [1.54, 1.807) is 17.2 Å². The van der Waals surface area contributed by atoms with Crippen LogP contribution in [0.5, 0.6) is 0 Å². The average molecular weight is 473 g/mol. The Morgan fingerprint density at radius 3 is 2.43 bits per heavy atom. The second-order valence-electron chi connectivity index (χ2n) is 8.68. The van der Waals surface area contributed by atoms with Crippen LogP contribution >= 0.6 is 0 Å². The lowest BCUT2D eigenvalue weighted by Gasteiger charge is -2.32. The number of benzene rings is 2. The minimum atomic E-state index is -0.354. The molecule has 35 heavy (non-hydrogen) atoms. The fraction of sp³-hybridized carbons (Fsp3) is 0.393. The van der Waals surface area contributed by atoms with E-state index in [0.717, 1.165) is 40.4 Å². The minimum Gasteiger partial charge on any atom is -0.382 e. The number of carbonyl (C=O) groups excluding carboxylic acids is 1. The molecule has 0 unspecified atom stereocenters. The highest BCUT2D eigenvalue weighted by atomic mass is 16.2. The Labute approximate surface area is 208 Å². The summed E-state index contributed by atoms with van der Waals surface area (Å²) in [5, 5.41) is 15.0. The number of urea groups is 1. The van der Waals surface area contributed by atoms with Crippen molar-refractivity contribution in [2.24, 2.45) is 5.73 Å². The lowest BCUT2D eigenvalue weighted by Crippen LogP contribution is -2.44. The maximum Gasteiger partial charge on any atom is 0.314 e. The van der Waals surface area contributed by atoms with E-state index in [1.165, 1.54) is 19.6 Å². The highest BCUT2D eigenvalue weighted by Gasteiger charge is 2.21. The zero-order valence-corrected chi connectivity index (χ0v) is 21.0. The maximum absolute atomic E-state index is 11.3. The van der Waals surface area contributed by atoms with Crippen molar-refractivity contribution in [3.05, 3.63) is 60.4 Å². The molecule has 1 fully saturated rings. The number of primary amides is 1. The van der Waals surface area contributed by atoms with Crippen molar-refractivity contribution in [1.82, 2.24) is 14.8 Å². The van der Waals surface area contributed by atoms with E-state index >= 15 is 0 Å². The predicted octanol–water partition coefficient (Wildman–Crippen LogP) is 5.08. The van der Waals surface area contributed by atoms with Crippen molar-refractivity contribution in [2.45, 2.75) is 39.7 Å². The van der Waals surface area contributed by atoms with Gasteiger partial charge in [0.2, 0.25) is 0 Å². The van der Waals surface area contributed by atoms with Crippen molar-refractivity contribution >= 4 is 22.5 Å². The number of amides is 2. The Morgan fingerprint density at radius 1 is 1.11 bits per heavy atom. The number of anilines is 1. The summed E-state index contributed by atoms with van der Waals surface area (Å²) in [6, 6.07) is 16.0. The first-order valence-electron chi connectivity index (χ1n) is 12.4. The number of carbonyl (C=O) groups is 1. The zero-order valence-electron chi connectivity index (χ0n) is 21.0. The van der Waals surface area contributed by atoms with E-state index in [0.29, 0.717) is 18.7 Å². The van der Waals surface area contributed by atoms with E-state index in [2.05, 4.69) is 54.2 Å². The van der Waals surface area contributed by atoms with E-state index in [1.807, 2.05) is 30.5 Å². The number of hydrogen-bond donors (Lipinski definition) is 2. The fourth-order valence-corrected chi connectivity index (χ4v) is 4.39. The number of piperidine rings is 1. The molecule has 4 rings (SSSR count). The molecule has 0 saturated carbocycles. The first-order valence-corrected chi connectivity index (χ1v) is 12.4. The van der Waals surface area contributed by atoms with E-state index in [-0.39, 0.29) is 12.1 Å². The third-order valence-corrected chi connectivity index (χ3v) is 6.59. The molecule has 2 amide bonds. The summed E-state index contributed by atoms with van der Waals surface area (Å²) in [4.78, 5) is 19.7. The van der Waals surface area contributed by atoms with Gasteiger partial charge in [0, 0.05) is 42.6 Å². The summed E-state index contributed by atoms with van der Waals surface area (Å²) >= 11 is 0. The van der Waals surface area contributed by atoms with Crippen LogP contribution in [0.25, 0.3) is 21.9 Å². The molecule has 1 aliphatic heterocycles. The molecule has 184 valence electrons. The molecule has 3 N–H and O–H groups in total. The number of pyridine rings is 1. The SMILES string of the molecule is CCN(CC)CC.N#Cc1cccc(-c2cc(NC3CCN(C(N)=O)CC3)c3cnccc3c2)c1. The Kier molecular flexibility index (Phi) is 9.45. The van der Waals surface area contributed by atoms with E-state index < -0.39 is 0 Å². The number of fused-ring (bicyclic) bond motifs is 1. The smallest absolute Gasteiger partial charge is 0.314 e. The Hall–Kier alpha value is -3.63. The van der Waals surface area contributed by atoms with Crippen molar-refractivity contribution in [2.75, 3.05) is 38.0 Å². The van der Waals surface area contributed by atoms with Crippen LogP contribution in [0, 0.1) is 11.3 Å². The number of rotatable bonds is 6. The van der Waals surface area contributed by atoms with Crippen LogP contribution in [0.3, 0.4) is 0 Å².